The summed E-state index contributed by atoms with van der Waals surface area (Å²) in [6, 6.07) is 21.6. The molecular formula is C27H27ClN2O2. The highest BCUT2D eigenvalue weighted by Crippen LogP contribution is 2.25. The molecule has 1 aliphatic rings. The number of piperidine rings is 1. The van der Waals surface area contributed by atoms with E-state index >= 15 is 0 Å². The maximum atomic E-state index is 13.0. The molecule has 1 fully saturated rings. The number of rotatable bonds is 6. The Morgan fingerprint density at radius 2 is 1.75 bits per heavy atom. The van der Waals surface area contributed by atoms with Crippen molar-refractivity contribution in [3.05, 3.63) is 100 Å². The Hall–Kier alpha value is -2.95. The van der Waals surface area contributed by atoms with Gasteiger partial charge in [-0.15, -0.1) is 0 Å². The van der Waals surface area contributed by atoms with Crippen molar-refractivity contribution in [2.24, 2.45) is 5.92 Å². The molecule has 1 saturated heterocycles. The molecule has 1 atom stereocenters. The fourth-order valence-electron chi connectivity index (χ4n) is 4.20. The summed E-state index contributed by atoms with van der Waals surface area (Å²) in [7, 11) is 0. The van der Waals surface area contributed by atoms with Crippen molar-refractivity contribution in [3.8, 4) is 0 Å². The lowest BCUT2D eigenvalue weighted by molar-refractivity contribution is 0.102. The molecule has 1 N–H and O–H groups in total. The Morgan fingerprint density at radius 1 is 1.00 bits per heavy atom. The summed E-state index contributed by atoms with van der Waals surface area (Å²) in [6.07, 6.45) is 2.54. The third-order valence-corrected chi connectivity index (χ3v) is 6.11. The van der Waals surface area contributed by atoms with Crippen molar-refractivity contribution in [1.29, 1.82) is 0 Å². The van der Waals surface area contributed by atoms with Crippen molar-refractivity contribution in [2.75, 3.05) is 18.4 Å². The molecule has 1 aliphatic heterocycles. The molecule has 0 radical (unpaired) electrons. The maximum absolute atomic E-state index is 13.0. The molecule has 0 aromatic heterocycles. The third-order valence-electron chi connectivity index (χ3n) is 5.87. The van der Waals surface area contributed by atoms with Crippen LogP contribution in [0.4, 0.5) is 5.69 Å². The molecule has 0 saturated carbocycles. The molecule has 164 valence electrons. The molecule has 3 aromatic rings. The molecule has 3 aromatic carbocycles. The minimum Gasteiger partial charge on any atom is -0.321 e. The van der Waals surface area contributed by atoms with Gasteiger partial charge in [0.1, 0.15) is 0 Å². The molecule has 32 heavy (non-hydrogen) atoms. The summed E-state index contributed by atoms with van der Waals surface area (Å²) in [5, 5.41) is 3.33. The highest BCUT2D eigenvalue weighted by Gasteiger charge is 2.18. The first-order chi connectivity index (χ1) is 15.5. The van der Waals surface area contributed by atoms with Gasteiger partial charge in [-0.1, -0.05) is 61.0 Å². The fraction of sp³-hybridized carbons (Fsp3) is 0.259. The number of nitrogens with zero attached hydrogens (tertiary/aromatic N) is 1. The van der Waals surface area contributed by atoms with E-state index in [0.29, 0.717) is 27.4 Å². The predicted octanol–water partition coefficient (Wildman–Crippen LogP) is 6.06. The summed E-state index contributed by atoms with van der Waals surface area (Å²) >= 11 is 6.14. The number of halogens is 1. The van der Waals surface area contributed by atoms with Gasteiger partial charge in [0, 0.05) is 34.8 Å². The quantitative estimate of drug-likeness (QED) is 0.468. The molecule has 1 amide bonds. The van der Waals surface area contributed by atoms with Crippen LogP contribution in [-0.4, -0.2) is 29.7 Å². The van der Waals surface area contributed by atoms with Crippen LogP contribution in [0.1, 0.15) is 51.6 Å². The zero-order valence-corrected chi connectivity index (χ0v) is 18.9. The Kier molecular flexibility index (Phi) is 7.03. The number of benzene rings is 3. The van der Waals surface area contributed by atoms with Crippen LogP contribution in [0.5, 0.6) is 0 Å². The van der Waals surface area contributed by atoms with E-state index in [1.165, 1.54) is 18.4 Å². The predicted molar refractivity (Wildman–Crippen MR) is 129 cm³/mol. The van der Waals surface area contributed by atoms with E-state index in [2.05, 4.69) is 17.1 Å². The number of hydrogen-bond acceptors (Lipinski definition) is 3. The lowest BCUT2D eigenvalue weighted by Gasteiger charge is -2.30. The molecular weight excluding hydrogens is 420 g/mol. The number of anilines is 1. The highest BCUT2D eigenvalue weighted by molar-refractivity contribution is 6.31. The van der Waals surface area contributed by atoms with Crippen LogP contribution in [0, 0.1) is 5.92 Å². The number of amides is 1. The fourth-order valence-corrected chi connectivity index (χ4v) is 4.37. The van der Waals surface area contributed by atoms with Crippen molar-refractivity contribution in [3.63, 3.8) is 0 Å². The van der Waals surface area contributed by atoms with Gasteiger partial charge in [-0.3, -0.25) is 14.5 Å². The third kappa shape index (κ3) is 5.45. The second-order valence-corrected chi connectivity index (χ2v) is 8.96. The number of hydrogen-bond donors (Lipinski definition) is 1. The zero-order chi connectivity index (χ0) is 22.5. The van der Waals surface area contributed by atoms with E-state index < -0.39 is 0 Å². The first-order valence-corrected chi connectivity index (χ1v) is 11.4. The summed E-state index contributed by atoms with van der Waals surface area (Å²) < 4.78 is 0. The van der Waals surface area contributed by atoms with Crippen molar-refractivity contribution in [2.45, 2.75) is 26.3 Å². The molecule has 0 aliphatic carbocycles. The molecule has 1 heterocycles. The first-order valence-electron chi connectivity index (χ1n) is 11.0. The van der Waals surface area contributed by atoms with E-state index in [-0.39, 0.29) is 11.7 Å². The van der Waals surface area contributed by atoms with Gasteiger partial charge in [0.05, 0.1) is 5.69 Å². The van der Waals surface area contributed by atoms with Crippen LogP contribution in [0.25, 0.3) is 0 Å². The van der Waals surface area contributed by atoms with Crippen LogP contribution in [0.3, 0.4) is 0 Å². The Bertz CT molecular complexity index is 1100. The van der Waals surface area contributed by atoms with Crippen LogP contribution < -0.4 is 5.32 Å². The number of ketones is 1. The highest BCUT2D eigenvalue weighted by atomic mass is 35.5. The van der Waals surface area contributed by atoms with Gasteiger partial charge in [0.25, 0.3) is 5.91 Å². The average molecular weight is 447 g/mol. The lowest BCUT2D eigenvalue weighted by atomic mass is 9.99. The van der Waals surface area contributed by atoms with Crippen molar-refractivity contribution >= 4 is 29.0 Å². The second kappa shape index (κ2) is 10.1. The summed E-state index contributed by atoms with van der Waals surface area (Å²) in [5.74, 6) is 0.294. The summed E-state index contributed by atoms with van der Waals surface area (Å²) in [6.45, 7) is 5.45. The van der Waals surface area contributed by atoms with Crippen LogP contribution in [-0.2, 0) is 6.54 Å². The summed E-state index contributed by atoms with van der Waals surface area (Å²) in [4.78, 5) is 28.3. The van der Waals surface area contributed by atoms with Gasteiger partial charge in [-0.2, -0.15) is 0 Å². The van der Waals surface area contributed by atoms with Gasteiger partial charge in [-0.05, 0) is 61.2 Å². The summed E-state index contributed by atoms with van der Waals surface area (Å²) in [5.41, 5.74) is 3.10. The minimum atomic E-state index is -0.257. The SMILES string of the molecule is C[C@H]1CCCN(Cc2ccc(C(=O)Nc3ccc(Cl)cc3C(=O)c3ccccc3)cc2)C1. The largest absolute Gasteiger partial charge is 0.321 e. The first kappa shape index (κ1) is 22.3. The molecule has 4 nitrogen and oxygen atoms in total. The van der Waals surface area contributed by atoms with Crippen LogP contribution in [0.15, 0.2) is 72.8 Å². The van der Waals surface area contributed by atoms with Crippen molar-refractivity contribution in [1.82, 2.24) is 4.90 Å². The molecule has 0 unspecified atom stereocenters. The zero-order valence-electron chi connectivity index (χ0n) is 18.2. The number of likely N-dealkylation sites (tertiary alicyclic amines) is 1. The standard InChI is InChI=1S/C27H27ClN2O2/c1-19-6-5-15-30(17-19)18-20-9-11-22(12-10-20)27(32)29-25-14-13-23(28)16-24(25)26(31)21-7-3-2-4-8-21/h2-4,7-14,16,19H,5-6,15,17-18H2,1H3,(H,29,32)/t19-/m0/s1. The Labute approximate surface area is 194 Å². The molecule has 0 spiro atoms. The molecule has 4 rings (SSSR count). The van der Waals surface area contributed by atoms with E-state index in [1.807, 2.05) is 42.5 Å². The van der Waals surface area contributed by atoms with E-state index in [9.17, 15) is 9.59 Å². The lowest BCUT2D eigenvalue weighted by Crippen LogP contribution is -2.33. The van der Waals surface area contributed by atoms with Crippen LogP contribution >= 0.6 is 11.6 Å². The maximum Gasteiger partial charge on any atom is 0.255 e. The van der Waals surface area contributed by atoms with Crippen LogP contribution in [0.2, 0.25) is 5.02 Å². The van der Waals surface area contributed by atoms with Gasteiger partial charge in [0.2, 0.25) is 0 Å². The topological polar surface area (TPSA) is 49.4 Å². The number of carbonyl (C=O) groups excluding carboxylic acids is 2. The van der Waals surface area contributed by atoms with Gasteiger partial charge in [-0.25, -0.2) is 0 Å². The van der Waals surface area contributed by atoms with Gasteiger partial charge < -0.3 is 5.32 Å². The Morgan fingerprint density at radius 3 is 2.47 bits per heavy atom. The average Bonchev–Trinajstić information content (AvgIpc) is 2.81. The van der Waals surface area contributed by atoms with Gasteiger partial charge in [0.15, 0.2) is 5.78 Å². The number of carbonyl (C=O) groups is 2. The van der Waals surface area contributed by atoms with Crippen molar-refractivity contribution < 1.29 is 9.59 Å². The normalized spacial score (nSPS) is 16.5. The monoisotopic (exact) mass is 446 g/mol. The molecule has 0 bridgehead atoms. The Balaban J connectivity index is 1.47. The molecule has 5 heteroatoms. The van der Waals surface area contributed by atoms with Gasteiger partial charge >= 0.3 is 0 Å². The van der Waals surface area contributed by atoms with E-state index in [4.69, 9.17) is 11.6 Å². The van der Waals surface area contributed by atoms with E-state index in [1.54, 1.807) is 30.3 Å². The second-order valence-electron chi connectivity index (χ2n) is 8.52. The minimum absolute atomic E-state index is 0.186. The smallest absolute Gasteiger partial charge is 0.255 e. The number of nitrogens with one attached hydrogen (secondary N) is 1. The van der Waals surface area contributed by atoms with E-state index in [0.717, 1.165) is 25.6 Å².